The van der Waals surface area contributed by atoms with Gasteiger partial charge in [0.25, 0.3) is 5.69 Å². The minimum Gasteiger partial charge on any atom is -0.477 e. The van der Waals surface area contributed by atoms with E-state index in [4.69, 9.17) is 10.2 Å². The lowest BCUT2D eigenvalue weighted by Crippen LogP contribution is -2.35. The van der Waals surface area contributed by atoms with Crippen LogP contribution in [-0.4, -0.2) is 39.9 Å². The number of halogens is 4. The van der Waals surface area contributed by atoms with E-state index in [-0.39, 0.29) is 6.07 Å². The third-order valence-electron chi connectivity index (χ3n) is 2.38. The molecule has 0 aliphatic heterocycles. The summed E-state index contributed by atoms with van der Waals surface area (Å²) < 4.78 is 49.7. The van der Waals surface area contributed by atoms with Crippen LogP contribution in [0.15, 0.2) is 12.1 Å². The first kappa shape index (κ1) is 16.6. The SMILES string of the molecule is O=C(O)c1cc(NCC(O)C(F)(F)F)c(F)cc1[N+](=O)[O-]. The van der Waals surface area contributed by atoms with Crippen molar-refractivity contribution in [3.05, 3.63) is 33.6 Å². The van der Waals surface area contributed by atoms with Gasteiger partial charge in [0.2, 0.25) is 0 Å². The Balaban J connectivity index is 3.07. The Morgan fingerprint density at radius 3 is 2.43 bits per heavy atom. The Hall–Kier alpha value is -2.43. The number of aromatic carboxylic acids is 1. The summed E-state index contributed by atoms with van der Waals surface area (Å²) in [5, 5.41) is 29.9. The van der Waals surface area contributed by atoms with Crippen LogP contribution in [0.1, 0.15) is 10.4 Å². The van der Waals surface area contributed by atoms with Crippen molar-refractivity contribution < 1.29 is 37.5 Å². The molecule has 1 atom stereocenters. The van der Waals surface area contributed by atoms with E-state index >= 15 is 0 Å². The zero-order valence-corrected chi connectivity index (χ0v) is 10.0. The molecule has 1 rings (SSSR count). The Labute approximate surface area is 114 Å². The monoisotopic (exact) mass is 312 g/mol. The number of rotatable bonds is 5. The summed E-state index contributed by atoms with van der Waals surface area (Å²) in [4.78, 5) is 20.2. The highest BCUT2D eigenvalue weighted by atomic mass is 19.4. The van der Waals surface area contributed by atoms with Gasteiger partial charge in [0, 0.05) is 6.54 Å². The minimum atomic E-state index is -4.94. The lowest BCUT2D eigenvalue weighted by molar-refractivity contribution is -0.385. The van der Waals surface area contributed by atoms with Gasteiger partial charge in [-0.3, -0.25) is 10.1 Å². The van der Waals surface area contributed by atoms with Crippen LogP contribution in [0.2, 0.25) is 0 Å². The van der Waals surface area contributed by atoms with Crippen molar-refractivity contribution in [3.8, 4) is 0 Å². The van der Waals surface area contributed by atoms with Crippen molar-refractivity contribution in [3.63, 3.8) is 0 Å². The number of carboxylic acid groups (broad SMARTS) is 1. The number of nitro benzene ring substituents is 1. The number of hydrogen-bond acceptors (Lipinski definition) is 5. The predicted molar refractivity (Wildman–Crippen MR) is 60.6 cm³/mol. The van der Waals surface area contributed by atoms with Crippen LogP contribution >= 0.6 is 0 Å². The van der Waals surface area contributed by atoms with Gasteiger partial charge in [-0.1, -0.05) is 0 Å². The van der Waals surface area contributed by atoms with E-state index < -0.39 is 52.5 Å². The molecule has 0 bridgehead atoms. The molecule has 0 aromatic heterocycles. The number of anilines is 1. The molecular formula is C10H8F4N2O5. The number of carboxylic acids is 1. The fraction of sp³-hybridized carbons (Fsp3) is 0.300. The van der Waals surface area contributed by atoms with Gasteiger partial charge in [-0.2, -0.15) is 13.2 Å². The molecule has 7 nitrogen and oxygen atoms in total. The molecule has 116 valence electrons. The standard InChI is InChI=1S/C10H8F4N2O5/c11-5-2-7(16(20)21)4(9(18)19)1-6(5)15-3-8(17)10(12,13)14/h1-2,8,15,17H,3H2,(H,18,19). The molecule has 0 saturated heterocycles. The number of nitrogens with one attached hydrogen (secondary N) is 1. The normalized spacial score (nSPS) is 12.8. The Morgan fingerprint density at radius 2 is 2.00 bits per heavy atom. The van der Waals surface area contributed by atoms with Gasteiger partial charge in [-0.25, -0.2) is 9.18 Å². The summed E-state index contributed by atoms with van der Waals surface area (Å²) in [5.74, 6) is -3.07. The molecule has 0 spiro atoms. The fourth-order valence-corrected chi connectivity index (χ4v) is 1.34. The average Bonchev–Trinajstić information content (AvgIpc) is 2.34. The fourth-order valence-electron chi connectivity index (χ4n) is 1.34. The first-order chi connectivity index (χ1) is 9.54. The van der Waals surface area contributed by atoms with E-state index in [1.54, 1.807) is 0 Å². The maximum Gasteiger partial charge on any atom is 0.416 e. The van der Waals surface area contributed by atoms with Crippen molar-refractivity contribution in [1.82, 2.24) is 0 Å². The number of alkyl halides is 3. The smallest absolute Gasteiger partial charge is 0.416 e. The molecular weight excluding hydrogens is 304 g/mol. The zero-order chi connectivity index (χ0) is 16.4. The first-order valence-electron chi connectivity index (χ1n) is 5.24. The van der Waals surface area contributed by atoms with E-state index in [0.29, 0.717) is 6.07 Å². The van der Waals surface area contributed by atoms with E-state index in [9.17, 15) is 32.5 Å². The minimum absolute atomic E-state index is 0.270. The summed E-state index contributed by atoms with van der Waals surface area (Å²) in [5.41, 5.74) is -2.64. The number of nitrogens with zero attached hydrogens (tertiary/aromatic N) is 1. The van der Waals surface area contributed by atoms with Crippen LogP contribution in [0.3, 0.4) is 0 Å². The molecule has 0 radical (unpaired) electrons. The highest BCUT2D eigenvalue weighted by molar-refractivity contribution is 5.93. The molecule has 11 heteroatoms. The number of carbonyl (C=O) groups is 1. The van der Waals surface area contributed by atoms with Crippen LogP contribution in [0.5, 0.6) is 0 Å². The molecule has 1 aromatic carbocycles. The number of nitro groups is 1. The van der Waals surface area contributed by atoms with Gasteiger partial charge in [0.1, 0.15) is 5.56 Å². The molecule has 3 N–H and O–H groups in total. The number of benzene rings is 1. The maximum atomic E-state index is 13.5. The van der Waals surface area contributed by atoms with Gasteiger partial charge in [0.15, 0.2) is 11.9 Å². The molecule has 0 heterocycles. The van der Waals surface area contributed by atoms with Gasteiger partial charge in [-0.05, 0) is 6.07 Å². The molecule has 0 amide bonds. The maximum absolute atomic E-state index is 13.5. The van der Waals surface area contributed by atoms with Gasteiger partial charge in [0.05, 0.1) is 16.7 Å². The van der Waals surface area contributed by atoms with Crippen molar-refractivity contribution in [2.75, 3.05) is 11.9 Å². The summed E-state index contributed by atoms with van der Waals surface area (Å²) in [6, 6.07) is 0.755. The van der Waals surface area contributed by atoms with Gasteiger partial charge in [-0.15, -0.1) is 0 Å². The third-order valence-corrected chi connectivity index (χ3v) is 2.38. The van der Waals surface area contributed by atoms with Crippen LogP contribution in [0.4, 0.5) is 28.9 Å². The largest absolute Gasteiger partial charge is 0.477 e. The lowest BCUT2D eigenvalue weighted by atomic mass is 10.1. The van der Waals surface area contributed by atoms with E-state index in [0.717, 1.165) is 0 Å². The molecule has 0 aliphatic carbocycles. The highest BCUT2D eigenvalue weighted by Gasteiger charge is 2.38. The first-order valence-corrected chi connectivity index (χ1v) is 5.24. The molecule has 21 heavy (non-hydrogen) atoms. The second-order valence-corrected chi connectivity index (χ2v) is 3.85. The van der Waals surface area contributed by atoms with Crippen LogP contribution < -0.4 is 5.32 Å². The summed E-state index contributed by atoms with van der Waals surface area (Å²) in [6.07, 6.45) is -7.75. The number of aliphatic hydroxyl groups is 1. The quantitative estimate of drug-likeness (QED) is 0.434. The van der Waals surface area contributed by atoms with Crippen LogP contribution in [0.25, 0.3) is 0 Å². The summed E-state index contributed by atoms with van der Waals surface area (Å²) in [7, 11) is 0. The van der Waals surface area contributed by atoms with Crippen molar-refractivity contribution in [2.24, 2.45) is 0 Å². The highest BCUT2D eigenvalue weighted by Crippen LogP contribution is 2.27. The number of aliphatic hydroxyl groups excluding tert-OH is 1. The molecule has 1 unspecified atom stereocenters. The molecule has 1 aromatic rings. The lowest BCUT2D eigenvalue weighted by Gasteiger charge is -2.16. The van der Waals surface area contributed by atoms with E-state index in [1.807, 2.05) is 5.32 Å². The number of hydrogen-bond donors (Lipinski definition) is 3. The van der Waals surface area contributed by atoms with E-state index in [2.05, 4.69) is 0 Å². The third kappa shape index (κ3) is 4.02. The van der Waals surface area contributed by atoms with Crippen molar-refractivity contribution in [1.29, 1.82) is 0 Å². The van der Waals surface area contributed by atoms with E-state index in [1.165, 1.54) is 0 Å². The second-order valence-electron chi connectivity index (χ2n) is 3.85. The Kier molecular flexibility index (Phi) is 4.68. The molecule has 0 aliphatic rings. The van der Waals surface area contributed by atoms with Gasteiger partial charge >= 0.3 is 12.1 Å². The zero-order valence-electron chi connectivity index (χ0n) is 10.0. The second kappa shape index (κ2) is 5.91. The molecule has 0 fully saturated rings. The van der Waals surface area contributed by atoms with Gasteiger partial charge < -0.3 is 15.5 Å². The topological polar surface area (TPSA) is 113 Å². The van der Waals surface area contributed by atoms with Crippen LogP contribution in [0, 0.1) is 15.9 Å². The predicted octanol–water partition coefficient (Wildman–Crippen LogP) is 1.77. The van der Waals surface area contributed by atoms with Crippen LogP contribution in [-0.2, 0) is 0 Å². The Morgan fingerprint density at radius 1 is 1.43 bits per heavy atom. The van der Waals surface area contributed by atoms with Crippen molar-refractivity contribution >= 4 is 17.3 Å². The average molecular weight is 312 g/mol. The summed E-state index contributed by atoms with van der Waals surface area (Å²) in [6.45, 7) is -1.14. The summed E-state index contributed by atoms with van der Waals surface area (Å²) >= 11 is 0. The van der Waals surface area contributed by atoms with Crippen molar-refractivity contribution in [2.45, 2.75) is 12.3 Å². The Bertz CT molecular complexity index is 575. The molecule has 0 saturated carbocycles.